The molecule has 0 saturated carbocycles. The molecule has 0 atom stereocenters. The summed E-state index contributed by atoms with van der Waals surface area (Å²) < 4.78 is 6.28. The van der Waals surface area contributed by atoms with Gasteiger partial charge in [0.25, 0.3) is 0 Å². The molecule has 0 spiro atoms. The average molecular weight is 537 g/mol. The second-order valence-corrected chi connectivity index (χ2v) is 22.8. The molecule has 1 heterocycles. The van der Waals surface area contributed by atoms with Crippen molar-refractivity contribution in [2.45, 2.75) is 72.6 Å². The Morgan fingerprint density at radius 3 is 1.59 bits per heavy atom. The van der Waals surface area contributed by atoms with Crippen LogP contribution in [0.15, 0.2) is 60.6 Å². The minimum atomic E-state index is -2.62. The molecule has 0 fully saturated rings. The molecule has 2 aromatic carbocycles. The number of nitrogens with zero attached hydrogens (tertiary/aromatic N) is 2. The molecule has 0 aromatic heterocycles. The SMILES string of the molecule is CCC[CH2][Sn]([CH2]CCC)([CH2]CCC)/[C](=C\B1N(C)c2ccccc2N1C)c1ccccc1. The molecule has 0 aliphatic carbocycles. The Bertz CT molecular complexity index is 816. The number of hydrogen-bond donors (Lipinski definition) is 0. The first-order valence-electron chi connectivity index (χ1n) is 12.9. The Morgan fingerprint density at radius 1 is 0.719 bits per heavy atom. The second-order valence-electron chi connectivity index (χ2n) is 9.66. The molecule has 2 nitrogen and oxygen atoms in total. The zero-order chi connectivity index (χ0) is 23.0. The molecule has 0 amide bonds. The van der Waals surface area contributed by atoms with Gasteiger partial charge in [-0.15, -0.1) is 0 Å². The third kappa shape index (κ3) is 5.58. The van der Waals surface area contributed by atoms with E-state index < -0.39 is 18.4 Å². The summed E-state index contributed by atoms with van der Waals surface area (Å²) in [6.45, 7) is 7.41. The first-order chi connectivity index (χ1) is 15.6. The number of fused-ring (bicyclic) bond motifs is 1. The van der Waals surface area contributed by atoms with Gasteiger partial charge in [0.1, 0.15) is 0 Å². The van der Waals surface area contributed by atoms with Crippen molar-refractivity contribution in [1.82, 2.24) is 0 Å². The molecule has 1 aliphatic rings. The molecule has 172 valence electrons. The molecule has 0 unspecified atom stereocenters. The molecule has 3 rings (SSSR count). The summed E-state index contributed by atoms with van der Waals surface area (Å²) in [6, 6.07) is 20.3. The van der Waals surface area contributed by atoms with Crippen LogP contribution in [0.3, 0.4) is 0 Å². The molecular formula is C28H43BN2Sn. The van der Waals surface area contributed by atoms with Gasteiger partial charge in [0.05, 0.1) is 0 Å². The van der Waals surface area contributed by atoms with Gasteiger partial charge in [0, 0.05) is 0 Å². The van der Waals surface area contributed by atoms with Crippen molar-refractivity contribution >= 4 is 40.3 Å². The summed E-state index contributed by atoms with van der Waals surface area (Å²) in [5.41, 5.74) is 4.20. The van der Waals surface area contributed by atoms with Gasteiger partial charge in [-0.1, -0.05) is 0 Å². The van der Waals surface area contributed by atoms with E-state index >= 15 is 0 Å². The first kappa shape index (κ1) is 25.3. The van der Waals surface area contributed by atoms with E-state index in [-0.39, 0.29) is 0 Å². The van der Waals surface area contributed by atoms with Crippen molar-refractivity contribution < 1.29 is 0 Å². The van der Waals surface area contributed by atoms with Crippen LogP contribution in [0, 0.1) is 0 Å². The van der Waals surface area contributed by atoms with Crippen LogP contribution in [0.2, 0.25) is 13.3 Å². The fourth-order valence-corrected chi connectivity index (χ4v) is 22.4. The summed E-state index contributed by atoms with van der Waals surface area (Å²) in [6.07, 6.45) is 8.12. The van der Waals surface area contributed by atoms with E-state index in [2.05, 4.69) is 105 Å². The maximum absolute atomic E-state index is 2.70. The number of rotatable bonds is 12. The molecule has 1 aliphatic heterocycles. The third-order valence-corrected chi connectivity index (χ3v) is 23.2. The van der Waals surface area contributed by atoms with E-state index in [4.69, 9.17) is 0 Å². The third-order valence-electron chi connectivity index (χ3n) is 7.43. The van der Waals surface area contributed by atoms with E-state index in [1.165, 1.54) is 68.8 Å². The predicted molar refractivity (Wildman–Crippen MR) is 148 cm³/mol. The van der Waals surface area contributed by atoms with E-state index in [1.54, 1.807) is 3.59 Å². The summed E-state index contributed by atoms with van der Waals surface area (Å²) in [5.74, 6) is 2.70. The molecule has 2 aromatic rings. The number of unbranched alkanes of at least 4 members (excludes halogenated alkanes) is 3. The van der Waals surface area contributed by atoms with Crippen LogP contribution in [-0.4, -0.2) is 39.5 Å². The summed E-state index contributed by atoms with van der Waals surface area (Å²) in [4.78, 5) is 4.96. The molecule has 0 N–H and O–H groups in total. The average Bonchev–Trinajstić information content (AvgIpc) is 3.08. The Kier molecular flexibility index (Phi) is 9.64. The van der Waals surface area contributed by atoms with Gasteiger partial charge >= 0.3 is 203 Å². The zero-order valence-corrected chi connectivity index (χ0v) is 24.0. The fraction of sp³-hybridized carbons (Fsp3) is 0.500. The van der Waals surface area contributed by atoms with Crippen molar-refractivity contribution in [3.05, 3.63) is 66.1 Å². The van der Waals surface area contributed by atoms with Gasteiger partial charge in [-0.25, -0.2) is 0 Å². The standard InChI is InChI=1S/C16H16BN2.3C4H9.Sn/c1-18-15-10-6-7-11-16(15)19(2)17(18)13-12-14-8-4-3-5-9-14;3*1-3-4-2;/h3-11,13H,1-2H3;3*1,3-4H2,2H3;. The second kappa shape index (κ2) is 12.2. The maximum atomic E-state index is 2.70. The van der Waals surface area contributed by atoms with Crippen LogP contribution < -0.4 is 9.62 Å². The van der Waals surface area contributed by atoms with Gasteiger partial charge in [0.15, 0.2) is 0 Å². The normalized spacial score (nSPS) is 14.3. The number of para-hydroxylation sites is 2. The number of anilines is 2. The van der Waals surface area contributed by atoms with E-state index in [0.29, 0.717) is 6.98 Å². The molecule has 4 heteroatoms. The molecule has 32 heavy (non-hydrogen) atoms. The molecular weight excluding hydrogens is 494 g/mol. The first-order valence-corrected chi connectivity index (χ1v) is 20.4. The van der Waals surface area contributed by atoms with Gasteiger partial charge in [0.2, 0.25) is 0 Å². The van der Waals surface area contributed by atoms with Crippen LogP contribution >= 0.6 is 0 Å². The van der Waals surface area contributed by atoms with Crippen LogP contribution in [0.25, 0.3) is 3.59 Å². The van der Waals surface area contributed by atoms with E-state index in [1.807, 2.05) is 0 Å². The van der Waals surface area contributed by atoms with E-state index in [9.17, 15) is 0 Å². The van der Waals surface area contributed by atoms with Crippen LogP contribution in [0.1, 0.15) is 64.9 Å². The van der Waals surface area contributed by atoms with Crippen molar-refractivity contribution in [2.75, 3.05) is 23.7 Å². The van der Waals surface area contributed by atoms with Gasteiger partial charge in [-0.3, -0.25) is 0 Å². The Balaban J connectivity index is 2.13. The van der Waals surface area contributed by atoms with Gasteiger partial charge < -0.3 is 0 Å². The predicted octanol–water partition coefficient (Wildman–Crippen LogP) is 8.07. The molecule has 0 radical (unpaired) electrons. The van der Waals surface area contributed by atoms with Gasteiger partial charge in [-0.2, -0.15) is 0 Å². The molecule has 0 bridgehead atoms. The quantitative estimate of drug-likeness (QED) is 0.253. The summed E-state index contributed by atoms with van der Waals surface area (Å²) in [7, 11) is 4.54. The minimum absolute atomic E-state index is 0.295. The van der Waals surface area contributed by atoms with Crippen LogP contribution in [-0.2, 0) is 0 Å². The summed E-state index contributed by atoms with van der Waals surface area (Å²) in [5, 5.41) is 0. The van der Waals surface area contributed by atoms with E-state index in [0.717, 1.165) is 0 Å². The Labute approximate surface area is 202 Å². The summed E-state index contributed by atoms with van der Waals surface area (Å²) >= 11 is -2.62. The number of hydrogen-bond acceptors (Lipinski definition) is 2. The zero-order valence-electron chi connectivity index (χ0n) is 21.1. The monoisotopic (exact) mass is 538 g/mol. The number of benzene rings is 2. The fourth-order valence-electron chi connectivity index (χ4n) is 5.50. The van der Waals surface area contributed by atoms with Crippen LogP contribution in [0.4, 0.5) is 11.4 Å². The Hall–Kier alpha value is -1.36. The van der Waals surface area contributed by atoms with Crippen LogP contribution in [0.5, 0.6) is 0 Å². The van der Waals surface area contributed by atoms with Crippen molar-refractivity contribution in [2.24, 2.45) is 0 Å². The van der Waals surface area contributed by atoms with Crippen molar-refractivity contribution in [3.63, 3.8) is 0 Å². The topological polar surface area (TPSA) is 6.48 Å². The van der Waals surface area contributed by atoms with Crippen molar-refractivity contribution in [1.29, 1.82) is 0 Å². The van der Waals surface area contributed by atoms with Gasteiger partial charge in [-0.05, 0) is 0 Å². The molecule has 0 saturated heterocycles. The van der Waals surface area contributed by atoms with Crippen molar-refractivity contribution in [3.8, 4) is 0 Å². The Morgan fingerprint density at radius 2 is 1.16 bits per heavy atom.